The van der Waals surface area contributed by atoms with Crippen LogP contribution in [0.3, 0.4) is 0 Å². The Kier molecular flexibility index (Phi) is 11.3. The summed E-state index contributed by atoms with van der Waals surface area (Å²) in [5, 5.41) is 0. The number of hydrogen-bond acceptors (Lipinski definition) is 6. The number of hydrogen-bond donors (Lipinski definition) is 0. The van der Waals surface area contributed by atoms with E-state index in [0.717, 1.165) is 55.7 Å². The second-order valence-electron chi connectivity index (χ2n) is 18.6. The summed E-state index contributed by atoms with van der Waals surface area (Å²) in [6, 6.07) is 50.4. The van der Waals surface area contributed by atoms with Crippen LogP contribution in [0.15, 0.2) is 134 Å². The van der Waals surface area contributed by atoms with Crippen molar-refractivity contribution in [2.24, 2.45) is 0 Å². The first-order valence-corrected chi connectivity index (χ1v) is 22.3. The van der Waals surface area contributed by atoms with Crippen LogP contribution in [0.2, 0.25) is 0 Å². The third kappa shape index (κ3) is 8.41. The Balaban J connectivity index is 0.00000514. The van der Waals surface area contributed by atoms with Gasteiger partial charge in [-0.15, -0.1) is 0 Å². The van der Waals surface area contributed by atoms with E-state index in [2.05, 4.69) is 205 Å². The minimum Gasteiger partial charge on any atom is -0.0561 e. The summed E-state index contributed by atoms with van der Waals surface area (Å²) in [5.74, 6) is 1.92. The van der Waals surface area contributed by atoms with Crippen LogP contribution in [0.1, 0.15) is 79.0 Å². The van der Waals surface area contributed by atoms with Gasteiger partial charge in [0, 0.05) is 21.1 Å². The average Bonchev–Trinajstić information content (AvgIpc) is 3.62. The van der Waals surface area contributed by atoms with E-state index >= 15 is 0 Å². The van der Waals surface area contributed by atoms with Gasteiger partial charge >= 0.3 is 240 Å². The molecule has 8 heteroatoms. The minimum atomic E-state index is -0.0349. The van der Waals surface area contributed by atoms with Crippen molar-refractivity contribution in [2.75, 3.05) is 14.7 Å². The molecular formula is C53H50N5OPtSe-3. The van der Waals surface area contributed by atoms with Crippen molar-refractivity contribution in [3.63, 3.8) is 0 Å². The second kappa shape index (κ2) is 16.3. The number of para-hydroxylation sites is 2. The molecule has 61 heavy (non-hydrogen) atoms. The summed E-state index contributed by atoms with van der Waals surface area (Å²) in [7, 11) is 0. The molecule has 2 aliphatic rings. The minimum absolute atomic E-state index is 0. The molecule has 2 aliphatic heterocycles. The molecule has 2 aromatic heterocycles. The zero-order valence-corrected chi connectivity index (χ0v) is 40.1. The molecule has 6 nitrogen and oxygen atoms in total. The number of nitrogens with zero attached hydrogens (tertiary/aromatic N) is 5. The first-order valence-electron chi connectivity index (χ1n) is 20.6. The molecule has 0 fully saturated rings. The van der Waals surface area contributed by atoms with E-state index in [4.69, 9.17) is 14.7 Å². The van der Waals surface area contributed by atoms with E-state index < -0.39 is 0 Å². The Morgan fingerprint density at radius 1 is 0.607 bits per heavy atom. The number of rotatable bonds is 6. The standard InChI is InChI=1S/C53H50N5OSe.Pt/c1-51(2,3)36-25-26-54-48(30-36)58-44-22-13-14-24-47(44)60-50-46(58)32-42(33-55-50)59-41-20-15-19-39(31-41)56-34-57(40-28-37(52(4,5)6)27-38(29-40)53(7,8)9)49-43(21-16-23-45(49)56)35-17-11-10-12-18-35;/h10-30,33-34H,1-9H3;/q-3;. The SMILES string of the molecule is CC(C)(C)c1cc(N2[CH-]N(c3[c-]c(Oc4[c-]c5c(nc4)[Se]c4ccccc4N5c4cc(C(C)(C)C)ccn4)ccc3)c3cccc(-c4ccccc4)c32)cc(C(C)(C)C)c1.[Pt]. The van der Waals surface area contributed by atoms with Gasteiger partial charge in [0.1, 0.15) is 0 Å². The predicted octanol–water partition coefficient (Wildman–Crippen LogP) is 12.3. The van der Waals surface area contributed by atoms with Gasteiger partial charge in [-0.1, -0.05) is 84.0 Å². The molecule has 0 amide bonds. The molecule has 0 radical (unpaired) electrons. The van der Waals surface area contributed by atoms with Crippen molar-refractivity contribution < 1.29 is 25.8 Å². The third-order valence-electron chi connectivity index (χ3n) is 11.1. The van der Waals surface area contributed by atoms with E-state index in [-0.39, 0.29) is 52.3 Å². The topological polar surface area (TPSA) is 44.7 Å². The molecule has 9 rings (SSSR count). The van der Waals surface area contributed by atoms with E-state index in [0.29, 0.717) is 11.5 Å². The van der Waals surface area contributed by atoms with Crippen LogP contribution in [-0.4, -0.2) is 24.9 Å². The van der Waals surface area contributed by atoms with Crippen molar-refractivity contribution in [1.29, 1.82) is 0 Å². The van der Waals surface area contributed by atoms with Crippen LogP contribution in [0, 0.1) is 18.8 Å². The quantitative estimate of drug-likeness (QED) is 0.122. The van der Waals surface area contributed by atoms with Crippen LogP contribution < -0.4 is 28.5 Å². The van der Waals surface area contributed by atoms with Crippen LogP contribution in [0.25, 0.3) is 11.1 Å². The van der Waals surface area contributed by atoms with Crippen LogP contribution in [-0.2, 0) is 37.3 Å². The van der Waals surface area contributed by atoms with Gasteiger partial charge < -0.3 is 0 Å². The van der Waals surface area contributed by atoms with E-state index in [1.54, 1.807) is 6.20 Å². The van der Waals surface area contributed by atoms with E-state index in [1.165, 1.54) is 21.2 Å². The van der Waals surface area contributed by atoms with Gasteiger partial charge in [-0.05, 0) is 39.7 Å². The van der Waals surface area contributed by atoms with Crippen LogP contribution in [0.4, 0.5) is 39.9 Å². The monoisotopic (exact) mass is 1050 g/mol. The molecule has 312 valence electrons. The fourth-order valence-corrected chi connectivity index (χ4v) is 9.70. The summed E-state index contributed by atoms with van der Waals surface area (Å²) in [5.41, 5.74) is 12.1. The molecule has 4 heterocycles. The Bertz CT molecular complexity index is 2700. The molecule has 0 spiro atoms. The number of fused-ring (bicyclic) bond motifs is 3. The number of pyridine rings is 2. The van der Waals surface area contributed by atoms with Crippen LogP contribution >= 0.6 is 0 Å². The van der Waals surface area contributed by atoms with Crippen molar-refractivity contribution in [3.05, 3.63) is 169 Å². The summed E-state index contributed by atoms with van der Waals surface area (Å²) < 4.78 is 8.86. The van der Waals surface area contributed by atoms with Gasteiger partial charge in [0.25, 0.3) is 0 Å². The molecule has 0 saturated heterocycles. The number of benzene rings is 5. The number of ether oxygens (including phenoxy) is 1. The molecule has 0 N–H and O–H groups in total. The van der Waals surface area contributed by atoms with E-state index in [9.17, 15) is 0 Å². The fraction of sp³-hybridized carbons (Fsp3) is 0.226. The number of anilines is 7. The Morgan fingerprint density at radius 3 is 2.00 bits per heavy atom. The summed E-state index contributed by atoms with van der Waals surface area (Å²) in [6.45, 7) is 22.6. The van der Waals surface area contributed by atoms with Crippen molar-refractivity contribution in [1.82, 2.24) is 9.97 Å². The van der Waals surface area contributed by atoms with Gasteiger partial charge in [-0.3, -0.25) is 0 Å². The first kappa shape index (κ1) is 42.5. The molecule has 5 aromatic carbocycles. The summed E-state index contributed by atoms with van der Waals surface area (Å²) >= 11 is -0.00532. The summed E-state index contributed by atoms with van der Waals surface area (Å²) in [6.07, 6.45) is 3.68. The molecule has 7 aromatic rings. The maximum absolute atomic E-state index is 6.63. The van der Waals surface area contributed by atoms with Crippen molar-refractivity contribution in [2.45, 2.75) is 78.6 Å². The van der Waals surface area contributed by atoms with Gasteiger partial charge in [-0.2, -0.15) is 0 Å². The number of aromatic nitrogens is 2. The smallest absolute Gasteiger partial charge is 0 e. The Hall–Kier alpha value is -5.19. The zero-order valence-electron chi connectivity index (χ0n) is 36.1. The van der Waals surface area contributed by atoms with Gasteiger partial charge in [0.15, 0.2) is 0 Å². The Labute approximate surface area is 382 Å². The van der Waals surface area contributed by atoms with Gasteiger partial charge in [0.2, 0.25) is 0 Å². The molecule has 0 saturated carbocycles. The van der Waals surface area contributed by atoms with Crippen LogP contribution in [0.5, 0.6) is 11.5 Å². The van der Waals surface area contributed by atoms with Gasteiger partial charge in [-0.25, -0.2) is 0 Å². The first-order chi connectivity index (χ1) is 28.6. The maximum Gasteiger partial charge on any atom is 0 e. The Morgan fingerprint density at radius 2 is 1.28 bits per heavy atom. The molecule has 0 unspecified atom stereocenters. The average molecular weight is 1050 g/mol. The molecular weight excluding hydrogens is 997 g/mol. The zero-order chi connectivity index (χ0) is 42.0. The normalized spacial score (nSPS) is 13.6. The maximum atomic E-state index is 6.63. The van der Waals surface area contributed by atoms with E-state index in [1.807, 2.05) is 18.3 Å². The van der Waals surface area contributed by atoms with Crippen molar-refractivity contribution >= 4 is 64.0 Å². The molecule has 0 atom stereocenters. The van der Waals surface area contributed by atoms with Gasteiger partial charge in [0.05, 0.1) is 0 Å². The molecule has 0 bridgehead atoms. The largest absolute Gasteiger partial charge is 0.0561 e. The molecule has 0 aliphatic carbocycles. The van der Waals surface area contributed by atoms with Crippen molar-refractivity contribution in [3.8, 4) is 22.6 Å². The summed E-state index contributed by atoms with van der Waals surface area (Å²) in [4.78, 5) is 16.6. The fourth-order valence-electron chi connectivity index (χ4n) is 7.68. The predicted molar refractivity (Wildman–Crippen MR) is 249 cm³/mol. The second-order valence-corrected chi connectivity index (χ2v) is 20.8. The third-order valence-corrected chi connectivity index (χ3v) is 13.3.